The fraction of sp³-hybridized carbons (Fsp3) is 0.348. The van der Waals surface area contributed by atoms with Crippen LogP contribution in [0.3, 0.4) is 0 Å². The number of carboxylic acids is 2. The maximum absolute atomic E-state index is 13.1. The smallest absolute Gasteiger partial charge is 0.341 e. The van der Waals surface area contributed by atoms with Gasteiger partial charge >= 0.3 is 41.8 Å². The molecule has 0 aliphatic carbocycles. The first kappa shape index (κ1) is 125. The van der Waals surface area contributed by atoms with Crippen molar-refractivity contribution >= 4 is 445 Å². The Hall–Kier alpha value is -2.40. The molecular formula is C66H76ClN7O20S37. The topological polar surface area (TPSA) is 398 Å². The van der Waals surface area contributed by atoms with Gasteiger partial charge in [-0.15, -0.1) is 12.4 Å². The summed E-state index contributed by atoms with van der Waals surface area (Å²) in [6, 6.07) is 30.2. The highest BCUT2D eigenvalue weighted by molar-refractivity contribution is 8.79. The average Bonchev–Trinajstić information content (AvgIpc) is 1.60. The summed E-state index contributed by atoms with van der Waals surface area (Å²) in [5.74, 6) is -8.64. The molecule has 2 atom stereocenters. The molecule has 9 N–H and O–H groups in total. The number of carbonyl (C=O) groups is 13. The molecule has 0 bridgehead atoms. The number of fused-ring (bicyclic) bond motifs is 1. The standard InChI is InChI=1S/C28H29NO6.C19H21N3O6.C14H17NO6.C5H8N2O2.ClH.S19.S18/c1-28(2,3)35-24(30)17-29-23-16-10-15-22(26(31)33-18-20-11-6-4-7-12-20)25(23)27(32)34-19-21-13-8-5-9-14-21;1-19(2,3)28-14(24)9-20-11-6-4-5-10-15(11)18(27)22(17(10)26)12-7-8-13(23)21-16(12)25;1-14(2,3)21-10(16)7-15-9-6-4-5-8(12(17)18)11(9)13(19)20;6-3-1-2-4(8)7-5(3)9;;1-3-5-7-9-11-13-15-17-19-18-16-14-12-10-8-6-4-2;1-3-5-7-9-11-13-15-17-18-16-14-12-10-8-6-4-2/h4-16,29H,17-19H2,1-3H3;4-6,12,20H,7-9H2,1-3H3,(H,21,23,25);4-6,15H,7H2,1-3H3,(H,17,18)(H,19,20);3H,1-2,6H2,(H,7,8,9);1H;;. The number of rotatable bonds is 18. The monoisotopic (exact) mass is 2500 g/mol. The van der Waals surface area contributed by atoms with Gasteiger partial charge in [-0.1, -0.05) is 78.9 Å². The highest BCUT2D eigenvalue weighted by Gasteiger charge is 2.46. The molecule has 6 amide bonds. The van der Waals surface area contributed by atoms with E-state index in [-0.39, 0.29) is 109 Å². The van der Waals surface area contributed by atoms with Gasteiger partial charge in [-0.3, -0.25) is 58.7 Å². The molecule has 2 fully saturated rings. The second-order valence-electron chi connectivity index (χ2n) is 26.0. The van der Waals surface area contributed by atoms with Gasteiger partial charge in [0.25, 0.3) is 11.8 Å². The number of carbonyl (C=O) groups excluding carboxylic acids is 11. The number of piperidine rings is 2. The van der Waals surface area contributed by atoms with Crippen LogP contribution in [-0.2, 0) is 408 Å². The Morgan fingerprint density at radius 2 is 0.718 bits per heavy atom. The Balaban J connectivity index is 0.000000551. The summed E-state index contributed by atoms with van der Waals surface area (Å²) < 4.78 is 26.6. The molecule has 5 aromatic rings. The Morgan fingerprint density at radius 1 is 0.397 bits per heavy atom. The zero-order chi connectivity index (χ0) is 96.3. The van der Waals surface area contributed by atoms with E-state index in [1.165, 1.54) is 65.9 Å². The number of imide groups is 3. The second-order valence-corrected chi connectivity index (χ2v) is 84.4. The first-order valence-corrected chi connectivity index (χ1v) is 81.6. The second kappa shape index (κ2) is 72.8. The number of nitrogens with one attached hydrogen (secondary N) is 5. The summed E-state index contributed by atoms with van der Waals surface area (Å²) in [5.41, 5.74) is 5.07. The zero-order valence-electron chi connectivity index (χ0n) is 68.3. The van der Waals surface area contributed by atoms with Gasteiger partial charge in [0.15, 0.2) is 0 Å². The van der Waals surface area contributed by atoms with Crippen molar-refractivity contribution in [2.75, 3.05) is 35.6 Å². The van der Waals surface area contributed by atoms with Gasteiger partial charge in [-0.2, -0.15) is 0 Å². The van der Waals surface area contributed by atoms with Crippen molar-refractivity contribution < 1.29 is 96.2 Å². The average molecular weight is 2510 g/mol. The maximum atomic E-state index is 13.1. The number of nitrogens with two attached hydrogens (primary N) is 1. The SMILES string of the molecule is CC(C)(C)OC(=O)CNc1cccc(C(=O)O)c1C(=O)O.CC(C)(C)OC(=O)CNc1cccc(C(=O)OCc2ccccc2)c1C(=O)OCc1ccccc1.CC(C)(C)OC(=O)CNc1cccc2c1C(=O)N(C1CCC(=O)NC1=O)C2=O.Cl.NC1CCC(=O)NC1=O.S=S=S=S=S=S=S=S=S=S=S=S=S=S=S=S=S=S.S=S=S=S=S=S=S=S=S=S=S=S=S=S=S=S=S=S=S. The molecule has 3 aliphatic rings. The van der Waals surface area contributed by atoms with Crippen molar-refractivity contribution in [1.82, 2.24) is 15.5 Å². The molecule has 3 heterocycles. The van der Waals surface area contributed by atoms with Gasteiger partial charge in [0.05, 0.1) is 50.8 Å². The molecule has 131 heavy (non-hydrogen) atoms. The number of hydrogen-bond donors (Lipinski definition) is 8. The summed E-state index contributed by atoms with van der Waals surface area (Å²) in [7, 11) is 56.2. The summed E-state index contributed by atoms with van der Waals surface area (Å²) in [4.78, 5) is 155. The third-order valence-corrected chi connectivity index (χ3v) is 82.5. The molecule has 2 saturated heterocycles. The first-order chi connectivity index (χ1) is 61.9. The minimum atomic E-state index is -1.39. The number of benzene rings is 5. The molecule has 5 aromatic carbocycles. The Labute approximate surface area is 874 Å². The molecule has 0 aromatic heterocycles. The molecule has 0 radical (unpaired) electrons. The Kier molecular flexibility index (Phi) is 69.3. The van der Waals surface area contributed by atoms with Crippen molar-refractivity contribution in [1.29, 1.82) is 0 Å². The lowest BCUT2D eigenvalue weighted by Gasteiger charge is -2.27. The van der Waals surface area contributed by atoms with E-state index in [9.17, 15) is 62.3 Å². The fourth-order valence-electron chi connectivity index (χ4n) is 9.13. The van der Waals surface area contributed by atoms with Crippen molar-refractivity contribution in [2.45, 2.75) is 130 Å². The number of anilines is 3. The molecule has 27 nitrogen and oxygen atoms in total. The maximum Gasteiger partial charge on any atom is 0.341 e. The Bertz CT molecular complexity index is 6580. The third-order valence-electron chi connectivity index (χ3n) is 13.6. The highest BCUT2D eigenvalue weighted by atomic mass is 35.5. The first-order valence-electron chi connectivity index (χ1n) is 34.9. The summed E-state index contributed by atoms with van der Waals surface area (Å²) in [6.07, 6.45) is 0.974. The predicted molar refractivity (Wildman–Crippen MR) is 614 cm³/mol. The molecular weight excluding hydrogens is 2430 g/mol. The normalized spacial score (nSPS) is 12.8. The van der Waals surface area contributed by atoms with Crippen molar-refractivity contribution in [2.24, 2.45) is 5.73 Å². The van der Waals surface area contributed by atoms with Crippen LogP contribution < -0.4 is 32.3 Å². The fourth-order valence-corrected chi connectivity index (χ4v) is 88.7. The molecule has 0 saturated carbocycles. The minimum Gasteiger partial charge on any atom is -0.478 e. The van der Waals surface area contributed by atoms with E-state index in [1.54, 1.807) is 344 Å². The van der Waals surface area contributed by atoms with Gasteiger partial charge in [0, 0.05) is 356 Å². The molecule has 3 aliphatic heterocycles. The number of carboxylic acid groups (broad SMARTS) is 2. The van der Waals surface area contributed by atoms with Crippen LogP contribution >= 0.6 is 12.4 Å². The third kappa shape index (κ3) is 56.6. The molecule has 724 valence electrons. The minimum absolute atomic E-state index is 0. The largest absolute Gasteiger partial charge is 0.478 e. The lowest BCUT2D eigenvalue weighted by molar-refractivity contribution is -0.153. The van der Waals surface area contributed by atoms with Crippen molar-refractivity contribution in [3.8, 4) is 0 Å². The van der Waals surface area contributed by atoms with Crippen molar-refractivity contribution in [3.05, 3.63) is 160 Å². The molecule has 65 heteroatoms. The Morgan fingerprint density at radius 3 is 1.05 bits per heavy atom. The van der Waals surface area contributed by atoms with Gasteiger partial charge in [0.2, 0.25) is 23.6 Å². The van der Waals surface area contributed by atoms with Crippen LogP contribution in [0.1, 0.15) is 161 Å². The quantitative estimate of drug-likeness (QED) is 0.0251. The number of halogens is 1. The summed E-state index contributed by atoms with van der Waals surface area (Å²) in [5, 5.41) is 30.7. The number of nitrogens with zero attached hydrogens (tertiary/aromatic N) is 1. The number of esters is 5. The van der Waals surface area contributed by atoms with E-state index in [2.05, 4.69) is 26.6 Å². The van der Waals surface area contributed by atoms with Crippen LogP contribution in [0.2, 0.25) is 0 Å². The molecule has 8 rings (SSSR count). The highest BCUT2D eigenvalue weighted by Crippen LogP contribution is 2.33. The van der Waals surface area contributed by atoms with Gasteiger partial charge in [-0.25, -0.2) is 19.2 Å². The number of ether oxygens (including phenoxy) is 5. The number of hydrogen-bond acceptors (Lipinski definition) is 26. The van der Waals surface area contributed by atoms with Crippen LogP contribution in [0.25, 0.3) is 0 Å². The van der Waals surface area contributed by atoms with E-state index in [0.717, 1.165) is 16.0 Å². The molecule has 2 unspecified atom stereocenters. The van der Waals surface area contributed by atoms with Crippen molar-refractivity contribution in [3.63, 3.8) is 0 Å². The predicted octanol–water partition coefficient (Wildman–Crippen LogP) is 6.92. The van der Waals surface area contributed by atoms with Crippen LogP contribution in [0.5, 0.6) is 0 Å². The zero-order valence-corrected chi connectivity index (χ0v) is 99.3. The number of aromatic carboxylic acids is 2. The molecule has 0 spiro atoms. The lowest BCUT2D eigenvalue weighted by Crippen LogP contribution is -2.54. The van der Waals surface area contributed by atoms with Gasteiger partial charge < -0.3 is 55.6 Å². The van der Waals surface area contributed by atoms with E-state index in [4.69, 9.17) is 84.4 Å². The number of amides is 6. The summed E-state index contributed by atoms with van der Waals surface area (Å²) in [6.45, 7) is 15.1. The van der Waals surface area contributed by atoms with E-state index in [1.807, 2.05) is 60.7 Å². The van der Waals surface area contributed by atoms with E-state index >= 15 is 0 Å². The van der Waals surface area contributed by atoms with E-state index < -0.39 is 99.9 Å². The van der Waals surface area contributed by atoms with Gasteiger partial charge in [-0.05, 0) is 123 Å². The lowest BCUT2D eigenvalue weighted by atomic mass is 10.0. The van der Waals surface area contributed by atoms with Crippen LogP contribution in [0, 0.1) is 0 Å². The van der Waals surface area contributed by atoms with E-state index in [0.29, 0.717) is 18.5 Å². The van der Waals surface area contributed by atoms with Gasteiger partial charge in [0.1, 0.15) is 55.7 Å². The van der Waals surface area contributed by atoms with Crippen LogP contribution in [0.4, 0.5) is 17.1 Å². The summed E-state index contributed by atoms with van der Waals surface area (Å²) >= 11 is 19.0. The van der Waals surface area contributed by atoms with Crippen LogP contribution in [0.15, 0.2) is 115 Å². The van der Waals surface area contributed by atoms with Crippen LogP contribution in [-0.4, -0.2) is 141 Å².